The summed E-state index contributed by atoms with van der Waals surface area (Å²) in [5, 5.41) is 21.7. The number of oxime groups is 1. The van der Waals surface area contributed by atoms with Gasteiger partial charge in [-0.1, -0.05) is 10.3 Å². The maximum atomic E-state index is 13.0. The molecule has 2 aliphatic heterocycles. The quantitative estimate of drug-likeness (QED) is 0.162. The molecule has 5 rings (SSSR count). The molecule has 180 valence electrons. The summed E-state index contributed by atoms with van der Waals surface area (Å²) in [6.45, 7) is 0.278. The normalized spacial score (nSPS) is 20.0. The highest BCUT2D eigenvalue weighted by Crippen LogP contribution is 2.40. The number of nitrogens with one attached hydrogen (secondary N) is 1. The summed E-state index contributed by atoms with van der Waals surface area (Å²) >= 11 is 2.51. The maximum absolute atomic E-state index is 13.0. The summed E-state index contributed by atoms with van der Waals surface area (Å²) in [4.78, 5) is 48.1. The Hall–Kier alpha value is -3.98. The summed E-state index contributed by atoms with van der Waals surface area (Å²) in [7, 11) is 1.28. The number of fused-ring (bicyclic) bond motifs is 2. The summed E-state index contributed by atoms with van der Waals surface area (Å²) in [5.74, 6) is -2.03. The monoisotopic (exact) mass is 515 g/mol. The number of thiazole rings is 1. The van der Waals surface area contributed by atoms with Gasteiger partial charge in [0.15, 0.2) is 17.0 Å². The van der Waals surface area contributed by atoms with Gasteiger partial charge >= 0.3 is 11.6 Å². The van der Waals surface area contributed by atoms with E-state index in [0.717, 1.165) is 17.0 Å². The Balaban J connectivity index is 1.37. The Labute approximate surface area is 205 Å². The zero-order valence-electron chi connectivity index (χ0n) is 18.2. The van der Waals surface area contributed by atoms with Crippen LogP contribution in [0.5, 0.6) is 0 Å². The van der Waals surface area contributed by atoms with Gasteiger partial charge in [-0.15, -0.1) is 27.6 Å². The first-order valence-electron chi connectivity index (χ1n) is 10.2. The number of aromatic nitrogens is 4. The van der Waals surface area contributed by atoms with E-state index in [1.807, 2.05) is 10.6 Å². The third kappa shape index (κ3) is 3.97. The Morgan fingerprint density at radius 3 is 3.00 bits per heavy atom. The first-order chi connectivity index (χ1) is 16.9. The zero-order valence-corrected chi connectivity index (χ0v) is 19.8. The Morgan fingerprint density at radius 2 is 2.29 bits per heavy atom. The number of aliphatic carboxylic acids is 1. The largest absolute Gasteiger partial charge is 0.477 e. The van der Waals surface area contributed by atoms with E-state index >= 15 is 0 Å². The summed E-state index contributed by atoms with van der Waals surface area (Å²) in [6, 6.07) is 2.73. The van der Waals surface area contributed by atoms with Gasteiger partial charge in [-0.25, -0.2) is 14.3 Å². The molecule has 35 heavy (non-hydrogen) atoms. The number of carbonyl (C=O) groups is 3. The van der Waals surface area contributed by atoms with Gasteiger partial charge in [0, 0.05) is 22.8 Å². The van der Waals surface area contributed by atoms with Crippen LogP contribution in [0.1, 0.15) is 5.69 Å². The molecule has 0 aromatic carbocycles. The number of carboxylic acid groups (broad SMARTS) is 1. The van der Waals surface area contributed by atoms with Crippen LogP contribution >= 0.6 is 23.1 Å². The first kappa shape index (κ1) is 22.8. The lowest BCUT2D eigenvalue weighted by atomic mass is 10.0. The fourth-order valence-electron chi connectivity index (χ4n) is 3.98. The lowest BCUT2D eigenvalue weighted by Gasteiger charge is -2.49. The average Bonchev–Trinajstić information content (AvgIpc) is 3.46. The smallest absolute Gasteiger partial charge is 0.352 e. The van der Waals surface area contributed by atoms with Gasteiger partial charge in [-0.3, -0.25) is 14.5 Å². The van der Waals surface area contributed by atoms with Crippen LogP contribution in [0.2, 0.25) is 0 Å². The van der Waals surface area contributed by atoms with Crippen molar-refractivity contribution in [3.05, 3.63) is 53.1 Å². The second-order valence-corrected chi connectivity index (χ2v) is 9.56. The van der Waals surface area contributed by atoms with E-state index in [0.29, 0.717) is 11.3 Å². The van der Waals surface area contributed by atoms with E-state index < -0.39 is 29.2 Å². The Morgan fingerprint density at radius 1 is 1.46 bits per heavy atom. The minimum Gasteiger partial charge on any atom is -0.477 e. The van der Waals surface area contributed by atoms with Crippen LogP contribution in [-0.2, 0) is 25.8 Å². The van der Waals surface area contributed by atoms with Gasteiger partial charge in [0.2, 0.25) is 0 Å². The molecule has 1 fully saturated rings. The molecule has 0 bridgehead atoms. The molecule has 2 atom stereocenters. The first-order valence-corrected chi connectivity index (χ1v) is 12.2. The van der Waals surface area contributed by atoms with Crippen LogP contribution in [0.15, 0.2) is 52.5 Å². The van der Waals surface area contributed by atoms with Gasteiger partial charge in [-0.2, -0.15) is 0 Å². The van der Waals surface area contributed by atoms with Crippen molar-refractivity contribution in [2.75, 3.05) is 18.6 Å². The van der Waals surface area contributed by atoms with Crippen LogP contribution in [0.4, 0.5) is 5.13 Å². The fraction of sp³-hybridized carbons (Fsp3) is 0.250. The van der Waals surface area contributed by atoms with Gasteiger partial charge in [0.1, 0.15) is 42.7 Å². The van der Waals surface area contributed by atoms with Gasteiger partial charge in [-0.05, 0) is 6.07 Å². The molecule has 13 nitrogen and oxygen atoms in total. The number of β-lactam (4-membered cyclic amide) rings is 1. The number of hydrogen-bond acceptors (Lipinski definition) is 10. The molecule has 0 radical (unpaired) electrons. The number of nitrogens with two attached hydrogens (primary N) is 1. The third-order valence-corrected chi connectivity index (χ3v) is 7.51. The van der Waals surface area contributed by atoms with Crippen molar-refractivity contribution in [1.82, 2.24) is 24.8 Å². The molecule has 3 aromatic heterocycles. The molecular formula is C20H19N8O5S2+. The number of anilines is 1. The van der Waals surface area contributed by atoms with Crippen LogP contribution in [0.25, 0.3) is 5.65 Å². The average molecular weight is 516 g/mol. The van der Waals surface area contributed by atoms with E-state index in [4.69, 9.17) is 10.6 Å². The summed E-state index contributed by atoms with van der Waals surface area (Å²) in [6.07, 6.45) is 5.22. The molecule has 2 amide bonds. The molecule has 0 aliphatic carbocycles. The van der Waals surface area contributed by atoms with Crippen molar-refractivity contribution >= 4 is 57.4 Å². The molecular weight excluding hydrogens is 496 g/mol. The number of imidazole rings is 1. The number of carboxylic acids is 1. The lowest BCUT2D eigenvalue weighted by molar-refractivity contribution is -0.662. The van der Waals surface area contributed by atoms with Crippen molar-refractivity contribution in [1.29, 1.82) is 0 Å². The number of amides is 2. The van der Waals surface area contributed by atoms with E-state index in [1.54, 1.807) is 34.6 Å². The third-order valence-electron chi connectivity index (χ3n) is 5.50. The van der Waals surface area contributed by atoms with Crippen molar-refractivity contribution in [3.8, 4) is 0 Å². The predicted octanol–water partition coefficient (Wildman–Crippen LogP) is -0.550. The molecule has 4 N–H and O–H groups in total. The summed E-state index contributed by atoms with van der Waals surface area (Å²) < 4.78 is 3.54. The summed E-state index contributed by atoms with van der Waals surface area (Å²) in [5.41, 5.74) is 7.02. The number of nitrogen functional groups attached to an aromatic ring is 1. The van der Waals surface area contributed by atoms with Crippen molar-refractivity contribution < 1.29 is 28.9 Å². The van der Waals surface area contributed by atoms with E-state index in [1.165, 1.54) is 23.8 Å². The Bertz CT molecular complexity index is 1410. The van der Waals surface area contributed by atoms with Gasteiger partial charge < -0.3 is 21.0 Å². The number of rotatable bonds is 7. The van der Waals surface area contributed by atoms with E-state index in [-0.39, 0.29) is 28.8 Å². The molecule has 0 saturated carbocycles. The van der Waals surface area contributed by atoms with Crippen LogP contribution < -0.4 is 15.6 Å². The molecule has 1 saturated heterocycles. The van der Waals surface area contributed by atoms with Crippen molar-refractivity contribution in [2.24, 2.45) is 5.16 Å². The minimum absolute atomic E-state index is 0.0713. The van der Waals surface area contributed by atoms with Gasteiger partial charge in [0.05, 0.1) is 6.20 Å². The molecule has 5 heterocycles. The van der Waals surface area contributed by atoms with Gasteiger partial charge in [0.25, 0.3) is 11.8 Å². The highest BCUT2D eigenvalue weighted by Gasteiger charge is 2.54. The maximum Gasteiger partial charge on any atom is 0.352 e. The topological polar surface area (TPSA) is 168 Å². The highest BCUT2D eigenvalue weighted by molar-refractivity contribution is 8.00. The molecule has 3 aromatic rings. The number of carbonyl (C=O) groups excluding carboxylic acids is 2. The molecule has 0 spiro atoms. The second-order valence-electron chi connectivity index (χ2n) is 7.56. The molecule has 15 heteroatoms. The van der Waals surface area contributed by atoms with E-state index in [2.05, 4.69) is 20.6 Å². The van der Waals surface area contributed by atoms with Crippen LogP contribution in [0.3, 0.4) is 0 Å². The zero-order chi connectivity index (χ0) is 24.7. The molecule has 2 aliphatic rings. The van der Waals surface area contributed by atoms with Crippen molar-refractivity contribution in [2.45, 2.75) is 18.0 Å². The number of thioether (sulfide) groups is 1. The minimum atomic E-state index is -1.20. The number of nitrogens with zero attached hydrogens (tertiary/aromatic N) is 6. The second kappa shape index (κ2) is 8.99. The fourth-order valence-corrected chi connectivity index (χ4v) is 5.87. The van der Waals surface area contributed by atoms with Crippen LogP contribution in [-0.4, -0.2) is 72.4 Å². The van der Waals surface area contributed by atoms with Crippen molar-refractivity contribution in [3.63, 3.8) is 0 Å². The Kier molecular flexibility index (Phi) is 5.86. The highest BCUT2D eigenvalue weighted by atomic mass is 32.2. The number of hydrogen-bond donors (Lipinski definition) is 3. The molecule has 0 unspecified atom stereocenters. The lowest BCUT2D eigenvalue weighted by Crippen LogP contribution is -2.71. The standard InChI is InChI=1S/C20H18N8O5S2/c1-33-25-13(11-9-35-20(21)23-11)16(29)24-14-17(30)28-15(19(31)32)10(8-34-18(14)28)7-26-5-6-27-12(26)3-2-4-22-27/h2-6,9,14,18H,7-8H2,1H3,(H3-,21,23,24,29,31,32)/p+1/b25-13-/t14-,18-/m1/s1. The predicted molar refractivity (Wildman–Crippen MR) is 125 cm³/mol. The SMILES string of the molecule is CO/N=C(\C(=O)N[C@@H]1C(=O)N2C(C(=O)O)=C(C[n+]3ccn4ncccc43)CS[C@H]12)c1csc(N)n1. The van der Waals surface area contributed by atoms with Crippen LogP contribution in [0, 0.1) is 0 Å². The van der Waals surface area contributed by atoms with E-state index in [9.17, 15) is 19.5 Å².